The second-order valence-electron chi connectivity index (χ2n) is 14.9. The van der Waals surface area contributed by atoms with Gasteiger partial charge in [0.05, 0.1) is 28.4 Å². The smallest absolute Gasteiger partial charge is 0.159 e. The Balaban J connectivity index is 1.25. The van der Waals surface area contributed by atoms with Gasteiger partial charge in [-0.1, -0.05) is 72.8 Å². The first-order valence-electron chi connectivity index (χ1n) is 19.6. The molecule has 0 fully saturated rings. The molecule has 0 spiro atoms. The number of hydrogen-bond acceptors (Lipinski definition) is 6. The van der Waals surface area contributed by atoms with Gasteiger partial charge >= 0.3 is 0 Å². The Morgan fingerprint density at radius 2 is 1.07 bits per heavy atom. The molecule has 0 N–H and O–H groups in total. The van der Waals surface area contributed by atoms with E-state index in [1.165, 1.54) is 16.5 Å². The average molecular weight is 749 g/mol. The number of rotatable bonds is 7. The van der Waals surface area contributed by atoms with E-state index in [2.05, 4.69) is 209 Å². The predicted octanol–water partition coefficient (Wildman–Crippen LogP) is 14.0. The first kappa shape index (κ1) is 34.9. The number of fused-ring (bicyclic) bond motifs is 3. The van der Waals surface area contributed by atoms with Crippen molar-refractivity contribution >= 4 is 62.0 Å². The monoisotopic (exact) mass is 748 g/mol. The summed E-state index contributed by atoms with van der Waals surface area (Å²) in [6, 6.07) is 60.5. The molecule has 6 nitrogen and oxygen atoms in total. The van der Waals surface area contributed by atoms with Crippen LogP contribution in [0.25, 0.3) is 33.4 Å². The van der Waals surface area contributed by atoms with E-state index in [9.17, 15) is 0 Å². The average Bonchev–Trinajstić information content (AvgIpc) is 3.26. The maximum atomic E-state index is 4.97. The van der Waals surface area contributed by atoms with Crippen LogP contribution >= 0.6 is 0 Å². The number of anilines is 9. The fourth-order valence-electron chi connectivity index (χ4n) is 8.33. The number of benzene rings is 7. The number of para-hydroxylation sites is 2. The van der Waals surface area contributed by atoms with Gasteiger partial charge in [-0.25, -0.2) is 9.97 Å². The normalized spacial score (nSPS) is 12.0. The summed E-state index contributed by atoms with van der Waals surface area (Å²) in [5, 5.41) is 2.30. The molecule has 0 unspecified atom stereocenters. The quantitative estimate of drug-likeness (QED) is 0.162. The molecule has 0 radical (unpaired) electrons. The molecule has 278 valence electrons. The highest BCUT2D eigenvalue weighted by molar-refractivity contribution is 6.05. The van der Waals surface area contributed by atoms with Crippen molar-refractivity contribution in [2.45, 2.75) is 20.8 Å². The zero-order valence-corrected chi connectivity index (χ0v) is 32.6. The van der Waals surface area contributed by atoms with Crippen LogP contribution in [0.4, 0.5) is 51.2 Å². The summed E-state index contributed by atoms with van der Waals surface area (Å²) in [5.74, 6) is 0.677. The van der Waals surface area contributed by atoms with Gasteiger partial charge in [0.25, 0.3) is 0 Å². The molecular weight excluding hydrogens is 709 g/mol. The van der Waals surface area contributed by atoms with Crippen LogP contribution in [0, 0.1) is 20.8 Å². The molecule has 0 amide bonds. The second-order valence-corrected chi connectivity index (χ2v) is 14.9. The van der Waals surface area contributed by atoms with Crippen LogP contribution in [0.15, 0.2) is 188 Å². The van der Waals surface area contributed by atoms with Gasteiger partial charge in [-0.2, -0.15) is 0 Å². The van der Waals surface area contributed by atoms with Crippen molar-refractivity contribution in [3.63, 3.8) is 0 Å². The van der Waals surface area contributed by atoms with E-state index >= 15 is 0 Å². The molecule has 10 rings (SSSR count). The Labute approximate surface area is 339 Å². The van der Waals surface area contributed by atoms with Gasteiger partial charge < -0.3 is 14.7 Å². The van der Waals surface area contributed by atoms with Gasteiger partial charge in [0.15, 0.2) is 5.82 Å². The fraction of sp³-hybridized carbons (Fsp3) is 0.0577. The highest BCUT2D eigenvalue weighted by Gasteiger charge is 2.33. The summed E-state index contributed by atoms with van der Waals surface area (Å²) < 4.78 is 0. The highest BCUT2D eigenvalue weighted by Crippen LogP contribution is 2.56. The molecular formula is C52H40N6. The van der Waals surface area contributed by atoms with Crippen molar-refractivity contribution in [2.75, 3.05) is 14.7 Å². The summed E-state index contributed by atoms with van der Waals surface area (Å²) in [6.45, 7) is 6.50. The number of aromatic nitrogens is 3. The number of nitrogens with zero attached hydrogens (tertiary/aromatic N) is 6. The zero-order chi connectivity index (χ0) is 39.2. The lowest BCUT2D eigenvalue weighted by atomic mass is 9.97. The molecule has 0 saturated carbocycles. The standard InChI is InChI=1S/C52H40N6/c1-35-29-36(2)31-44(30-35)58-49-32-39(52-54-26-12-27-55-52)20-23-47(49)57(42-21-19-37(3)46(33-42)51-45-18-11-10-13-38(45)25-28-53-51)48-24-22-43(34-50(48)58)56(40-14-6-4-7-15-40)41-16-8-5-9-17-41/h4-34H,1-3H3. The van der Waals surface area contributed by atoms with Gasteiger partial charge in [-0.15, -0.1) is 0 Å². The predicted molar refractivity (Wildman–Crippen MR) is 240 cm³/mol. The third-order valence-corrected chi connectivity index (χ3v) is 10.9. The Hall–Kier alpha value is -7.57. The lowest BCUT2D eigenvalue weighted by Crippen LogP contribution is -2.25. The van der Waals surface area contributed by atoms with Crippen LogP contribution in [0.5, 0.6) is 0 Å². The van der Waals surface area contributed by atoms with Crippen LogP contribution in [-0.2, 0) is 0 Å². The zero-order valence-electron chi connectivity index (χ0n) is 32.6. The van der Waals surface area contributed by atoms with Crippen LogP contribution in [0.1, 0.15) is 16.7 Å². The Morgan fingerprint density at radius 3 is 1.79 bits per heavy atom. The van der Waals surface area contributed by atoms with E-state index < -0.39 is 0 Å². The summed E-state index contributed by atoms with van der Waals surface area (Å²) in [4.78, 5) is 21.4. The number of hydrogen-bond donors (Lipinski definition) is 0. The van der Waals surface area contributed by atoms with Crippen LogP contribution in [0.3, 0.4) is 0 Å². The number of pyridine rings is 1. The van der Waals surface area contributed by atoms with E-state index in [0.29, 0.717) is 5.82 Å². The van der Waals surface area contributed by atoms with Crippen molar-refractivity contribution < 1.29 is 0 Å². The summed E-state index contributed by atoms with van der Waals surface area (Å²) in [7, 11) is 0. The molecule has 7 aromatic carbocycles. The molecule has 1 aliphatic heterocycles. The molecule has 1 aliphatic rings. The Morgan fingerprint density at radius 1 is 0.431 bits per heavy atom. The fourth-order valence-corrected chi connectivity index (χ4v) is 8.33. The highest BCUT2D eigenvalue weighted by atomic mass is 15.3. The molecule has 0 bridgehead atoms. The molecule has 0 saturated heterocycles. The third-order valence-electron chi connectivity index (χ3n) is 10.9. The minimum absolute atomic E-state index is 0.677. The maximum absolute atomic E-state index is 4.97. The van der Waals surface area contributed by atoms with Crippen molar-refractivity contribution in [3.05, 3.63) is 205 Å². The van der Waals surface area contributed by atoms with Crippen LogP contribution in [0.2, 0.25) is 0 Å². The number of aryl methyl sites for hydroxylation is 3. The van der Waals surface area contributed by atoms with Crippen molar-refractivity contribution in [1.29, 1.82) is 0 Å². The van der Waals surface area contributed by atoms with E-state index in [-0.39, 0.29) is 0 Å². The molecule has 2 aromatic heterocycles. The van der Waals surface area contributed by atoms with Crippen molar-refractivity contribution in [3.8, 4) is 22.6 Å². The minimum atomic E-state index is 0.677. The van der Waals surface area contributed by atoms with Gasteiger partial charge in [0.2, 0.25) is 0 Å². The summed E-state index contributed by atoms with van der Waals surface area (Å²) in [6.07, 6.45) is 5.51. The van der Waals surface area contributed by atoms with Crippen molar-refractivity contribution in [1.82, 2.24) is 15.0 Å². The molecule has 6 heteroatoms. The first-order valence-corrected chi connectivity index (χ1v) is 19.6. The second kappa shape index (κ2) is 14.5. The lowest BCUT2D eigenvalue weighted by molar-refractivity contribution is 1.14. The maximum Gasteiger partial charge on any atom is 0.159 e. The first-order chi connectivity index (χ1) is 28.5. The molecule has 0 atom stereocenters. The SMILES string of the molecule is Cc1cc(C)cc(N2c3cc(-c4ncccn4)ccc3N(c3ccc(C)c(-c4nccc5ccccc45)c3)c3ccc(N(c4ccccc4)c4ccccc4)cc32)c1. The largest absolute Gasteiger partial charge is 0.310 e. The molecule has 9 aromatic rings. The van der Waals surface area contributed by atoms with E-state index in [1.807, 2.05) is 12.3 Å². The Bertz CT molecular complexity index is 2880. The molecule has 58 heavy (non-hydrogen) atoms. The Kier molecular flexibility index (Phi) is 8.72. The summed E-state index contributed by atoms with van der Waals surface area (Å²) in [5.41, 5.74) is 16.0. The minimum Gasteiger partial charge on any atom is -0.310 e. The summed E-state index contributed by atoms with van der Waals surface area (Å²) >= 11 is 0. The van der Waals surface area contributed by atoms with Crippen LogP contribution < -0.4 is 14.7 Å². The van der Waals surface area contributed by atoms with Gasteiger partial charge in [-0.05, 0) is 140 Å². The molecule has 0 aliphatic carbocycles. The van der Waals surface area contributed by atoms with E-state index in [4.69, 9.17) is 4.98 Å². The topological polar surface area (TPSA) is 48.4 Å². The lowest BCUT2D eigenvalue weighted by Gasteiger charge is -2.41. The van der Waals surface area contributed by atoms with Gasteiger partial charge in [-0.3, -0.25) is 4.98 Å². The van der Waals surface area contributed by atoms with E-state index in [0.717, 1.165) is 79.0 Å². The third kappa shape index (κ3) is 6.21. The van der Waals surface area contributed by atoms with Gasteiger partial charge in [0, 0.05) is 63.5 Å². The van der Waals surface area contributed by atoms with Crippen molar-refractivity contribution in [2.24, 2.45) is 0 Å². The molecule has 3 heterocycles. The van der Waals surface area contributed by atoms with E-state index in [1.54, 1.807) is 12.4 Å². The van der Waals surface area contributed by atoms with Gasteiger partial charge in [0.1, 0.15) is 0 Å². The van der Waals surface area contributed by atoms with Crippen LogP contribution in [-0.4, -0.2) is 15.0 Å².